The van der Waals surface area contributed by atoms with Gasteiger partial charge in [-0.05, 0) is 6.92 Å². The Morgan fingerprint density at radius 3 is 2.20 bits per heavy atom. The van der Waals surface area contributed by atoms with Crippen LogP contribution in [0.1, 0.15) is 6.92 Å². The van der Waals surface area contributed by atoms with Crippen LogP contribution in [0.2, 0.25) is 0 Å². The van der Waals surface area contributed by atoms with E-state index in [-0.39, 0.29) is 5.17 Å². The summed E-state index contributed by atoms with van der Waals surface area (Å²) in [6.45, 7) is 1.49. The summed E-state index contributed by atoms with van der Waals surface area (Å²) >= 11 is 4.96. The Kier molecular flexibility index (Phi) is 1.93. The van der Waals surface area contributed by atoms with Gasteiger partial charge < -0.3 is 5.21 Å². The first-order chi connectivity index (χ1) is 2.27. The van der Waals surface area contributed by atoms with Gasteiger partial charge in [-0.15, -0.1) is 0 Å². The molecule has 0 fully saturated rings. The maximum absolute atomic E-state index is 7.60. The molecule has 0 aromatic rings. The van der Waals surface area contributed by atoms with Gasteiger partial charge in [-0.1, -0.05) is 16.8 Å². The third kappa shape index (κ3) is 3.76. The SMILES string of the molecule is C/C(Cl)=N\O. The van der Waals surface area contributed by atoms with Crippen molar-refractivity contribution in [3.8, 4) is 0 Å². The first kappa shape index (κ1) is 4.76. The fraction of sp³-hybridized carbons (Fsp3) is 0.500. The van der Waals surface area contributed by atoms with Crippen molar-refractivity contribution in [2.45, 2.75) is 6.92 Å². The van der Waals surface area contributed by atoms with Crippen LogP contribution >= 0.6 is 11.6 Å². The van der Waals surface area contributed by atoms with Gasteiger partial charge in [0.05, 0.1) is 0 Å². The molecule has 0 unspecified atom stereocenters. The molecule has 0 aliphatic rings. The van der Waals surface area contributed by atoms with Crippen molar-refractivity contribution < 1.29 is 5.21 Å². The van der Waals surface area contributed by atoms with E-state index >= 15 is 0 Å². The minimum atomic E-state index is 0.157. The molecule has 0 aromatic heterocycles. The Morgan fingerprint density at radius 1 is 2.00 bits per heavy atom. The van der Waals surface area contributed by atoms with Crippen molar-refractivity contribution in [3.63, 3.8) is 0 Å². The normalized spacial score (nSPS) is 12.0. The average Bonchev–Trinajstić information content (AvgIpc) is 1.38. The Hall–Kier alpha value is -0.240. The Balaban J connectivity index is 3.14. The summed E-state index contributed by atoms with van der Waals surface area (Å²) in [5.74, 6) is 0. The number of nitrogens with zero attached hydrogens (tertiary/aromatic N) is 1. The number of halogens is 1. The number of oxime groups is 1. The van der Waals surface area contributed by atoms with Gasteiger partial charge in [0, 0.05) is 0 Å². The molecule has 30 valence electrons. The van der Waals surface area contributed by atoms with E-state index in [1.165, 1.54) is 6.92 Å². The quantitative estimate of drug-likeness (QED) is 0.271. The molecule has 0 rings (SSSR count). The maximum atomic E-state index is 7.60. The van der Waals surface area contributed by atoms with Crippen LogP contribution in [0.15, 0.2) is 5.16 Å². The van der Waals surface area contributed by atoms with E-state index in [1.54, 1.807) is 0 Å². The molecule has 0 heterocycles. The molecule has 0 aliphatic carbocycles. The van der Waals surface area contributed by atoms with E-state index in [0.29, 0.717) is 0 Å². The van der Waals surface area contributed by atoms with E-state index < -0.39 is 0 Å². The zero-order chi connectivity index (χ0) is 4.28. The third-order valence-electron chi connectivity index (χ3n) is 0.138. The fourth-order valence-electron chi connectivity index (χ4n) is 0. The van der Waals surface area contributed by atoms with Crippen LogP contribution in [0, 0.1) is 0 Å². The van der Waals surface area contributed by atoms with E-state index in [9.17, 15) is 0 Å². The molecule has 0 saturated carbocycles. The molecule has 3 heteroatoms. The average molecular weight is 93.5 g/mol. The summed E-state index contributed by atoms with van der Waals surface area (Å²) < 4.78 is 0. The summed E-state index contributed by atoms with van der Waals surface area (Å²) in [7, 11) is 0. The first-order valence-corrected chi connectivity index (χ1v) is 1.49. The van der Waals surface area contributed by atoms with Crippen molar-refractivity contribution in [1.29, 1.82) is 0 Å². The predicted octanol–water partition coefficient (Wildman–Crippen LogP) is 1.03. The van der Waals surface area contributed by atoms with Crippen LogP contribution in [0.25, 0.3) is 0 Å². The Bertz CT molecular complexity index is 47.6. The molecular weight excluding hydrogens is 89.5 g/mol. The number of hydrogen-bond acceptors (Lipinski definition) is 2. The van der Waals surface area contributed by atoms with Crippen LogP contribution in [0.4, 0.5) is 0 Å². The first-order valence-electron chi connectivity index (χ1n) is 1.11. The van der Waals surface area contributed by atoms with Gasteiger partial charge in [0.2, 0.25) is 0 Å². The summed E-state index contributed by atoms with van der Waals surface area (Å²) in [5, 5.41) is 10.3. The van der Waals surface area contributed by atoms with Crippen LogP contribution in [-0.2, 0) is 0 Å². The number of hydrogen-bond donors (Lipinski definition) is 1. The van der Waals surface area contributed by atoms with Crippen LogP contribution in [0.5, 0.6) is 0 Å². The van der Waals surface area contributed by atoms with Gasteiger partial charge in [0.15, 0.2) is 0 Å². The zero-order valence-corrected chi connectivity index (χ0v) is 3.53. The lowest BCUT2D eigenvalue weighted by Crippen LogP contribution is -1.68. The zero-order valence-electron chi connectivity index (χ0n) is 2.77. The number of rotatable bonds is 0. The maximum Gasteiger partial charge on any atom is 0.142 e. The molecule has 0 spiro atoms. The molecule has 0 aromatic carbocycles. The largest absolute Gasteiger partial charge is 0.410 e. The van der Waals surface area contributed by atoms with Gasteiger partial charge in [-0.3, -0.25) is 0 Å². The highest BCUT2D eigenvalue weighted by Gasteiger charge is 1.69. The highest BCUT2D eigenvalue weighted by Crippen LogP contribution is 1.75. The molecule has 0 amide bonds. The molecule has 0 bridgehead atoms. The molecule has 5 heavy (non-hydrogen) atoms. The molecule has 0 radical (unpaired) electrons. The van der Waals surface area contributed by atoms with E-state index in [4.69, 9.17) is 16.8 Å². The second-order valence-electron chi connectivity index (χ2n) is 0.597. The lowest BCUT2D eigenvalue weighted by molar-refractivity contribution is 0.320. The van der Waals surface area contributed by atoms with Crippen LogP contribution < -0.4 is 0 Å². The van der Waals surface area contributed by atoms with Gasteiger partial charge in [0.25, 0.3) is 0 Å². The monoisotopic (exact) mass is 93.0 g/mol. The van der Waals surface area contributed by atoms with Crippen molar-refractivity contribution in [1.82, 2.24) is 0 Å². The molecule has 0 atom stereocenters. The molecule has 0 aliphatic heterocycles. The minimum Gasteiger partial charge on any atom is -0.410 e. The smallest absolute Gasteiger partial charge is 0.142 e. The summed E-state index contributed by atoms with van der Waals surface area (Å²) in [4.78, 5) is 0. The highest BCUT2D eigenvalue weighted by atomic mass is 35.5. The van der Waals surface area contributed by atoms with E-state index in [2.05, 4.69) is 5.16 Å². The highest BCUT2D eigenvalue weighted by molar-refractivity contribution is 6.64. The standard InChI is InChI=1S/C2H4ClNO/c1-2(3)4-5/h5H,1H3/b4-2+. The van der Waals surface area contributed by atoms with Crippen molar-refractivity contribution in [3.05, 3.63) is 0 Å². The van der Waals surface area contributed by atoms with Crippen LogP contribution in [-0.4, -0.2) is 10.4 Å². The lowest BCUT2D eigenvalue weighted by Gasteiger charge is -1.68. The Morgan fingerprint density at radius 2 is 2.20 bits per heavy atom. The predicted molar refractivity (Wildman–Crippen MR) is 20.7 cm³/mol. The second kappa shape index (κ2) is 2.03. The second-order valence-corrected chi connectivity index (χ2v) is 1.14. The third-order valence-corrected chi connectivity index (χ3v) is 0.213. The Labute approximate surface area is 35.1 Å². The van der Waals surface area contributed by atoms with Crippen molar-refractivity contribution in [2.75, 3.05) is 0 Å². The summed E-state index contributed by atoms with van der Waals surface area (Å²) in [6.07, 6.45) is 0. The van der Waals surface area contributed by atoms with Gasteiger partial charge in [-0.2, -0.15) is 0 Å². The minimum absolute atomic E-state index is 0.157. The fourth-order valence-corrected chi connectivity index (χ4v) is 0. The molecule has 2 nitrogen and oxygen atoms in total. The van der Waals surface area contributed by atoms with Gasteiger partial charge in [-0.25, -0.2) is 0 Å². The summed E-state index contributed by atoms with van der Waals surface area (Å²) in [5.41, 5.74) is 0. The molecule has 0 saturated heterocycles. The van der Waals surface area contributed by atoms with Gasteiger partial charge >= 0.3 is 0 Å². The van der Waals surface area contributed by atoms with E-state index in [1.807, 2.05) is 0 Å². The van der Waals surface area contributed by atoms with Crippen molar-refractivity contribution >= 4 is 16.8 Å². The molecule has 1 N–H and O–H groups in total. The van der Waals surface area contributed by atoms with Crippen LogP contribution in [0.3, 0.4) is 0 Å². The van der Waals surface area contributed by atoms with E-state index in [0.717, 1.165) is 0 Å². The topological polar surface area (TPSA) is 32.6 Å². The van der Waals surface area contributed by atoms with Crippen molar-refractivity contribution in [2.24, 2.45) is 5.16 Å². The lowest BCUT2D eigenvalue weighted by atomic mass is 10.9. The van der Waals surface area contributed by atoms with Gasteiger partial charge in [0.1, 0.15) is 5.17 Å². The molecular formula is C2H4ClNO. The summed E-state index contributed by atoms with van der Waals surface area (Å²) in [6, 6.07) is 0.